The van der Waals surface area contributed by atoms with Crippen molar-refractivity contribution in [3.8, 4) is 0 Å². The number of hydrogen-bond acceptors (Lipinski definition) is 5. The molecular weight excluding hydrogens is 408 g/mol. The molecular formula is C17H19BrN2O4S. The maximum atomic E-state index is 12.3. The second-order valence-corrected chi connectivity index (χ2v) is 8.50. The highest BCUT2D eigenvalue weighted by Gasteiger charge is 2.58. The smallest absolute Gasteiger partial charge is 0.235 e. The van der Waals surface area contributed by atoms with Crippen LogP contribution in [0.1, 0.15) is 19.4 Å². The Morgan fingerprint density at radius 1 is 1.52 bits per heavy atom. The number of aryl methyl sites for hydroxylation is 1. The van der Waals surface area contributed by atoms with Crippen molar-refractivity contribution < 1.29 is 24.4 Å². The summed E-state index contributed by atoms with van der Waals surface area (Å²) in [5, 5.41) is 21.5. The molecule has 1 aromatic rings. The van der Waals surface area contributed by atoms with Gasteiger partial charge in [0, 0.05) is 22.1 Å². The van der Waals surface area contributed by atoms with Crippen LogP contribution in [0.15, 0.2) is 33.5 Å². The molecule has 0 spiro atoms. The van der Waals surface area contributed by atoms with Gasteiger partial charge in [-0.05, 0) is 28.9 Å². The maximum Gasteiger partial charge on any atom is 0.235 e. The van der Waals surface area contributed by atoms with Crippen LogP contribution in [0.25, 0.3) is 0 Å². The van der Waals surface area contributed by atoms with E-state index in [1.165, 1.54) is 16.7 Å². The summed E-state index contributed by atoms with van der Waals surface area (Å²) in [6.07, 6.45) is 3.10. The first-order valence-electron chi connectivity index (χ1n) is 7.96. The molecule has 25 heavy (non-hydrogen) atoms. The Hall–Kier alpha value is -1.38. The van der Waals surface area contributed by atoms with Gasteiger partial charge in [-0.25, -0.2) is 4.57 Å². The van der Waals surface area contributed by atoms with E-state index in [1.807, 2.05) is 37.0 Å². The highest BCUT2D eigenvalue weighted by molar-refractivity contribution is 9.10. The van der Waals surface area contributed by atoms with E-state index in [0.29, 0.717) is 10.7 Å². The van der Waals surface area contributed by atoms with Gasteiger partial charge in [0.25, 0.3) is 0 Å². The Morgan fingerprint density at radius 3 is 2.76 bits per heavy atom. The van der Waals surface area contributed by atoms with Crippen LogP contribution in [0.4, 0.5) is 0 Å². The summed E-state index contributed by atoms with van der Waals surface area (Å²) in [5.41, 5.74) is 0.996. The first kappa shape index (κ1) is 18.4. The molecule has 6 nitrogen and oxygen atoms in total. The maximum absolute atomic E-state index is 12.3. The number of aliphatic carboxylic acids is 1. The molecule has 1 fully saturated rings. The number of aromatic nitrogens is 1. The highest BCUT2D eigenvalue weighted by Crippen LogP contribution is 2.50. The number of fused-ring (bicyclic) bond motifs is 1. The van der Waals surface area contributed by atoms with Crippen molar-refractivity contribution in [3.05, 3.63) is 39.1 Å². The van der Waals surface area contributed by atoms with E-state index in [4.69, 9.17) is 0 Å². The van der Waals surface area contributed by atoms with E-state index >= 15 is 0 Å². The Kier molecular flexibility index (Phi) is 4.96. The molecule has 3 heterocycles. The molecule has 1 unspecified atom stereocenters. The van der Waals surface area contributed by atoms with E-state index in [2.05, 4.69) is 15.9 Å². The molecule has 0 saturated carbocycles. The van der Waals surface area contributed by atoms with Gasteiger partial charge in [-0.2, -0.15) is 0 Å². The standard InChI is InChI=1S/C17H19BrN2O4S/c1-8-13-12(9(2)21)16(22)20(13)14(17(23)24)15(8)25-7-10-4-11(18)6-19(3)5-10/h4-6,8-9,12-13,21H,7H2,1-3H3/t8-,9?,12-,13+/m1/s1. The van der Waals surface area contributed by atoms with Gasteiger partial charge >= 0.3 is 0 Å². The summed E-state index contributed by atoms with van der Waals surface area (Å²) in [7, 11) is 1.92. The summed E-state index contributed by atoms with van der Waals surface area (Å²) < 4.78 is 2.86. The van der Waals surface area contributed by atoms with Crippen molar-refractivity contribution >= 4 is 39.6 Å². The zero-order valence-electron chi connectivity index (χ0n) is 14.1. The molecule has 1 amide bonds. The van der Waals surface area contributed by atoms with E-state index in [0.717, 1.165) is 10.0 Å². The first-order chi connectivity index (χ1) is 11.7. The van der Waals surface area contributed by atoms with Gasteiger partial charge in [-0.15, -0.1) is 11.8 Å². The number of carbonyl (C=O) groups is 2. The molecule has 2 aliphatic heterocycles. The lowest BCUT2D eigenvalue weighted by Gasteiger charge is -2.47. The molecule has 0 radical (unpaired) electrons. The number of carboxylic acid groups (broad SMARTS) is 1. The summed E-state index contributed by atoms with van der Waals surface area (Å²) in [5.74, 6) is -1.79. The van der Waals surface area contributed by atoms with Crippen molar-refractivity contribution in [1.29, 1.82) is 0 Å². The van der Waals surface area contributed by atoms with Crippen molar-refractivity contribution in [1.82, 2.24) is 4.90 Å². The number of hydrogen-bond donors (Lipinski definition) is 1. The van der Waals surface area contributed by atoms with Crippen LogP contribution in [0.3, 0.4) is 0 Å². The third-order valence-corrected chi connectivity index (χ3v) is 6.50. The lowest BCUT2D eigenvalue weighted by molar-refractivity contribution is -0.672. The number of aliphatic hydroxyl groups is 1. The second kappa shape index (κ2) is 6.74. The summed E-state index contributed by atoms with van der Waals surface area (Å²) in [6, 6.07) is 1.67. The molecule has 1 saturated heterocycles. The van der Waals surface area contributed by atoms with Gasteiger partial charge in [-0.1, -0.05) is 6.92 Å². The zero-order valence-corrected chi connectivity index (χ0v) is 16.5. The number of carbonyl (C=O) groups excluding carboxylic acids is 2. The summed E-state index contributed by atoms with van der Waals surface area (Å²) in [4.78, 5) is 25.8. The fourth-order valence-electron chi connectivity index (χ4n) is 3.69. The van der Waals surface area contributed by atoms with Crippen molar-refractivity contribution in [2.45, 2.75) is 31.7 Å². The van der Waals surface area contributed by atoms with Gasteiger partial charge in [0.2, 0.25) is 5.91 Å². The van der Waals surface area contributed by atoms with Gasteiger partial charge in [0.1, 0.15) is 7.05 Å². The molecule has 1 aromatic heterocycles. The van der Waals surface area contributed by atoms with Gasteiger partial charge < -0.3 is 19.9 Å². The van der Waals surface area contributed by atoms with Crippen molar-refractivity contribution in [2.75, 3.05) is 0 Å². The van der Waals surface area contributed by atoms with E-state index in [9.17, 15) is 19.8 Å². The lowest BCUT2D eigenvalue weighted by atomic mass is 9.79. The number of rotatable bonds is 5. The molecule has 3 rings (SSSR count). The Morgan fingerprint density at radius 2 is 2.20 bits per heavy atom. The van der Waals surface area contributed by atoms with Crippen LogP contribution in [-0.4, -0.2) is 34.0 Å². The summed E-state index contributed by atoms with van der Waals surface area (Å²) >= 11 is 4.86. The number of amides is 1. The molecule has 0 aliphatic carbocycles. The van der Waals surface area contributed by atoms with Crippen LogP contribution in [-0.2, 0) is 22.4 Å². The molecule has 0 aromatic carbocycles. The first-order valence-corrected chi connectivity index (χ1v) is 9.74. The number of nitrogens with zero attached hydrogens (tertiary/aromatic N) is 2. The van der Waals surface area contributed by atoms with Crippen LogP contribution in [0, 0.1) is 11.8 Å². The summed E-state index contributed by atoms with van der Waals surface area (Å²) in [6.45, 7) is 3.47. The number of halogens is 1. The fraction of sp³-hybridized carbons (Fsp3) is 0.471. The van der Waals surface area contributed by atoms with Gasteiger partial charge in [0.15, 0.2) is 12.4 Å². The molecule has 4 atom stereocenters. The normalized spacial score (nSPS) is 26.5. The molecule has 8 heteroatoms. The number of thioether (sulfide) groups is 1. The topological polar surface area (TPSA) is 84.5 Å². The Labute approximate surface area is 158 Å². The SMILES string of the molecule is CC(O)[C@H]1C(=O)N2C(C(=O)[O-])=C(SCc3cc(Br)c[n+](C)c3)[C@H](C)[C@@H]12. The third-order valence-electron chi connectivity index (χ3n) is 4.72. The van der Waals surface area contributed by atoms with Gasteiger partial charge in [0.05, 0.1) is 34.2 Å². The number of aliphatic hydroxyl groups excluding tert-OH is 1. The molecule has 0 bridgehead atoms. The fourth-order valence-corrected chi connectivity index (χ4v) is 5.51. The average Bonchev–Trinajstić information content (AvgIpc) is 2.73. The van der Waals surface area contributed by atoms with Crippen LogP contribution < -0.4 is 9.67 Å². The predicted octanol–water partition coefficient (Wildman–Crippen LogP) is 0.326. The molecule has 134 valence electrons. The predicted molar refractivity (Wildman–Crippen MR) is 93.6 cm³/mol. The minimum atomic E-state index is -1.34. The average molecular weight is 427 g/mol. The van der Waals surface area contributed by atoms with Crippen molar-refractivity contribution in [3.63, 3.8) is 0 Å². The van der Waals surface area contributed by atoms with E-state index < -0.39 is 18.0 Å². The Balaban J connectivity index is 1.86. The monoisotopic (exact) mass is 426 g/mol. The Bertz CT molecular complexity index is 760. The van der Waals surface area contributed by atoms with Crippen molar-refractivity contribution in [2.24, 2.45) is 18.9 Å². The minimum Gasteiger partial charge on any atom is -0.543 e. The molecule has 2 aliphatic rings. The van der Waals surface area contributed by atoms with Crippen LogP contribution in [0.5, 0.6) is 0 Å². The lowest BCUT2D eigenvalue weighted by Crippen LogP contribution is -2.64. The number of carboxylic acids is 1. The largest absolute Gasteiger partial charge is 0.543 e. The number of pyridine rings is 1. The zero-order chi connectivity index (χ0) is 18.5. The number of β-lactam (4-membered cyclic amide) rings is 1. The second-order valence-electron chi connectivity index (χ2n) is 6.57. The third kappa shape index (κ3) is 3.11. The van der Waals surface area contributed by atoms with Gasteiger partial charge in [-0.3, -0.25) is 4.79 Å². The van der Waals surface area contributed by atoms with E-state index in [1.54, 1.807) is 6.92 Å². The van der Waals surface area contributed by atoms with Crippen LogP contribution in [0.2, 0.25) is 0 Å². The highest BCUT2D eigenvalue weighted by atomic mass is 79.9. The molecule has 1 N–H and O–H groups in total. The van der Waals surface area contributed by atoms with Crippen LogP contribution >= 0.6 is 27.7 Å². The quantitative estimate of drug-likeness (QED) is 0.541. The van der Waals surface area contributed by atoms with E-state index in [-0.39, 0.29) is 23.6 Å². The minimum absolute atomic E-state index is 0.0382.